The first kappa shape index (κ1) is 8.17. The first-order valence-corrected chi connectivity index (χ1v) is 5.18. The van der Waals surface area contributed by atoms with Crippen LogP contribution in [-0.2, 0) is 0 Å². The van der Waals surface area contributed by atoms with Crippen molar-refractivity contribution >= 4 is 5.82 Å². The Balaban J connectivity index is 1.77. The molecule has 2 aliphatic heterocycles. The minimum atomic E-state index is 0.685. The van der Waals surface area contributed by atoms with Gasteiger partial charge in [0.15, 0.2) is 0 Å². The van der Waals surface area contributed by atoms with Crippen LogP contribution in [0.2, 0.25) is 0 Å². The molecule has 1 aromatic rings. The molecule has 74 valence electrons. The van der Waals surface area contributed by atoms with Crippen LogP contribution in [0.4, 0.5) is 5.82 Å². The molecule has 14 heavy (non-hydrogen) atoms. The van der Waals surface area contributed by atoms with Gasteiger partial charge in [0.2, 0.25) is 0 Å². The van der Waals surface area contributed by atoms with Crippen LogP contribution in [0.25, 0.3) is 0 Å². The van der Waals surface area contributed by atoms with Gasteiger partial charge in [-0.1, -0.05) is 0 Å². The van der Waals surface area contributed by atoms with Crippen molar-refractivity contribution in [3.05, 3.63) is 18.6 Å². The van der Waals surface area contributed by atoms with Crippen LogP contribution in [-0.4, -0.2) is 35.6 Å². The van der Waals surface area contributed by atoms with Gasteiger partial charge in [0.05, 0.1) is 0 Å². The number of hydrogen-bond acceptors (Lipinski definition) is 4. The third kappa shape index (κ3) is 1.26. The van der Waals surface area contributed by atoms with Crippen LogP contribution in [0.1, 0.15) is 6.42 Å². The highest BCUT2D eigenvalue weighted by Gasteiger charge is 2.36. The van der Waals surface area contributed by atoms with Gasteiger partial charge in [-0.15, -0.1) is 0 Å². The molecule has 2 fully saturated rings. The summed E-state index contributed by atoms with van der Waals surface area (Å²) in [5.41, 5.74) is 0. The Labute approximate surface area is 83.4 Å². The Kier molecular flexibility index (Phi) is 1.87. The largest absolute Gasteiger partial charge is 0.355 e. The summed E-state index contributed by atoms with van der Waals surface area (Å²) in [6.07, 6.45) is 4.74. The van der Waals surface area contributed by atoms with Crippen molar-refractivity contribution in [1.82, 2.24) is 15.3 Å². The molecule has 0 radical (unpaired) electrons. The predicted molar refractivity (Wildman–Crippen MR) is 54.1 cm³/mol. The summed E-state index contributed by atoms with van der Waals surface area (Å²) in [5, 5.41) is 3.53. The molecule has 0 bridgehead atoms. The fourth-order valence-corrected chi connectivity index (χ4v) is 2.51. The number of aromatic nitrogens is 2. The van der Waals surface area contributed by atoms with Crippen LogP contribution in [0.15, 0.2) is 18.6 Å². The Morgan fingerprint density at radius 1 is 1.43 bits per heavy atom. The summed E-state index contributed by atoms with van der Waals surface area (Å²) in [6.45, 7) is 3.43. The predicted octanol–water partition coefficient (Wildman–Crippen LogP) is 0.275. The lowest BCUT2D eigenvalue weighted by Crippen LogP contribution is -2.30. The first-order chi connectivity index (χ1) is 6.93. The van der Waals surface area contributed by atoms with E-state index in [0.29, 0.717) is 6.04 Å². The molecule has 4 nitrogen and oxygen atoms in total. The zero-order valence-corrected chi connectivity index (χ0v) is 8.06. The number of rotatable bonds is 1. The maximum atomic E-state index is 4.28. The van der Waals surface area contributed by atoms with E-state index in [2.05, 4.69) is 20.2 Å². The van der Waals surface area contributed by atoms with Gasteiger partial charge < -0.3 is 10.2 Å². The van der Waals surface area contributed by atoms with E-state index < -0.39 is 0 Å². The summed E-state index contributed by atoms with van der Waals surface area (Å²) in [6, 6.07) is 2.67. The molecule has 0 unspecified atom stereocenters. The number of anilines is 1. The molecular formula is C10H14N4. The second-order valence-corrected chi connectivity index (χ2v) is 4.08. The van der Waals surface area contributed by atoms with E-state index in [4.69, 9.17) is 0 Å². The molecule has 0 aliphatic carbocycles. The molecule has 4 heteroatoms. The fourth-order valence-electron chi connectivity index (χ4n) is 2.51. The van der Waals surface area contributed by atoms with Gasteiger partial charge in [-0.3, -0.25) is 0 Å². The topological polar surface area (TPSA) is 41.0 Å². The minimum Gasteiger partial charge on any atom is -0.355 e. The lowest BCUT2D eigenvalue weighted by atomic mass is 10.1. The van der Waals surface area contributed by atoms with E-state index in [9.17, 15) is 0 Å². The third-order valence-corrected chi connectivity index (χ3v) is 3.25. The quantitative estimate of drug-likeness (QED) is 0.690. The molecular weight excluding hydrogens is 176 g/mol. The van der Waals surface area contributed by atoms with Crippen LogP contribution in [0.3, 0.4) is 0 Å². The van der Waals surface area contributed by atoms with Crippen molar-refractivity contribution in [2.24, 2.45) is 5.92 Å². The van der Waals surface area contributed by atoms with Crippen LogP contribution in [0.5, 0.6) is 0 Å². The molecule has 0 aromatic carbocycles. The van der Waals surface area contributed by atoms with E-state index in [1.165, 1.54) is 13.0 Å². The molecule has 3 rings (SSSR count). The van der Waals surface area contributed by atoms with Gasteiger partial charge in [-0.2, -0.15) is 0 Å². The van der Waals surface area contributed by atoms with Crippen LogP contribution >= 0.6 is 0 Å². The molecule has 3 heterocycles. The van der Waals surface area contributed by atoms with Crippen molar-refractivity contribution in [3.8, 4) is 0 Å². The molecule has 2 saturated heterocycles. The van der Waals surface area contributed by atoms with Gasteiger partial charge in [-0.05, 0) is 24.9 Å². The standard InChI is InChI=1S/C10H14N4/c1-4-12-9-6-14(5-8(1)9)10-2-3-11-7-13-10/h2-3,7-9,12H,1,4-6H2/t8-,9+/m1/s1. The Bertz CT molecular complexity index is 301. The van der Waals surface area contributed by atoms with Crippen LogP contribution < -0.4 is 10.2 Å². The van der Waals surface area contributed by atoms with E-state index in [1.807, 2.05) is 12.3 Å². The average molecular weight is 190 g/mol. The van der Waals surface area contributed by atoms with Gasteiger partial charge in [-0.25, -0.2) is 9.97 Å². The van der Waals surface area contributed by atoms with E-state index in [1.54, 1.807) is 6.33 Å². The highest BCUT2D eigenvalue weighted by molar-refractivity contribution is 5.39. The van der Waals surface area contributed by atoms with E-state index in [0.717, 1.165) is 24.8 Å². The second-order valence-electron chi connectivity index (χ2n) is 4.08. The monoisotopic (exact) mass is 190 g/mol. The summed E-state index contributed by atoms with van der Waals surface area (Å²) < 4.78 is 0. The first-order valence-electron chi connectivity index (χ1n) is 5.18. The SMILES string of the molecule is c1cc(N2C[C@H]3CCN[C@H]3C2)ncn1. The average Bonchev–Trinajstić information content (AvgIpc) is 2.78. The normalized spacial score (nSPS) is 30.7. The van der Waals surface area contributed by atoms with Gasteiger partial charge in [0.25, 0.3) is 0 Å². The van der Waals surface area contributed by atoms with Crippen molar-refractivity contribution in [3.63, 3.8) is 0 Å². The summed E-state index contributed by atoms with van der Waals surface area (Å²) >= 11 is 0. The zero-order valence-electron chi connectivity index (χ0n) is 8.06. The number of nitrogens with one attached hydrogen (secondary N) is 1. The molecule has 2 aliphatic rings. The maximum Gasteiger partial charge on any atom is 0.131 e. The summed E-state index contributed by atoms with van der Waals surface area (Å²) in [4.78, 5) is 10.6. The number of nitrogens with zero attached hydrogens (tertiary/aromatic N) is 3. The van der Waals surface area contributed by atoms with Gasteiger partial charge in [0, 0.05) is 25.3 Å². The van der Waals surface area contributed by atoms with Crippen molar-refractivity contribution in [2.45, 2.75) is 12.5 Å². The Morgan fingerprint density at radius 2 is 2.43 bits per heavy atom. The number of hydrogen-bond donors (Lipinski definition) is 1. The highest BCUT2D eigenvalue weighted by atomic mass is 15.3. The smallest absolute Gasteiger partial charge is 0.131 e. The lowest BCUT2D eigenvalue weighted by molar-refractivity contribution is 0.556. The second kappa shape index (κ2) is 3.20. The van der Waals surface area contributed by atoms with Crippen molar-refractivity contribution in [2.75, 3.05) is 24.5 Å². The van der Waals surface area contributed by atoms with E-state index >= 15 is 0 Å². The molecule has 0 spiro atoms. The van der Waals surface area contributed by atoms with Crippen molar-refractivity contribution < 1.29 is 0 Å². The van der Waals surface area contributed by atoms with E-state index in [-0.39, 0.29) is 0 Å². The fraction of sp³-hybridized carbons (Fsp3) is 0.600. The summed E-state index contributed by atoms with van der Waals surface area (Å²) in [7, 11) is 0. The molecule has 1 aromatic heterocycles. The minimum absolute atomic E-state index is 0.685. The molecule has 2 atom stereocenters. The van der Waals surface area contributed by atoms with Gasteiger partial charge in [0.1, 0.15) is 12.1 Å². The zero-order chi connectivity index (χ0) is 9.38. The number of fused-ring (bicyclic) bond motifs is 1. The van der Waals surface area contributed by atoms with Crippen LogP contribution in [0, 0.1) is 5.92 Å². The van der Waals surface area contributed by atoms with Gasteiger partial charge >= 0.3 is 0 Å². The maximum absolute atomic E-state index is 4.28. The molecule has 1 N–H and O–H groups in total. The Morgan fingerprint density at radius 3 is 3.21 bits per heavy atom. The van der Waals surface area contributed by atoms with Crippen molar-refractivity contribution in [1.29, 1.82) is 0 Å². The summed E-state index contributed by atoms with van der Waals surface area (Å²) in [5.74, 6) is 1.89. The highest BCUT2D eigenvalue weighted by Crippen LogP contribution is 2.27. The molecule has 0 saturated carbocycles. The third-order valence-electron chi connectivity index (χ3n) is 3.25. The lowest BCUT2D eigenvalue weighted by Gasteiger charge is -2.17. The molecule has 0 amide bonds. The Hall–Kier alpha value is -1.16.